The molecule has 0 saturated heterocycles. The molecule has 9 unspecified atom stereocenters. The average Bonchev–Trinajstić information content (AvgIpc) is 3.18. The number of hydrogen-bond donors (Lipinski definition) is 2. The van der Waals surface area contributed by atoms with Crippen molar-refractivity contribution in [1.29, 1.82) is 5.41 Å². The van der Waals surface area contributed by atoms with Crippen LogP contribution in [0.15, 0.2) is 12.4 Å². The summed E-state index contributed by atoms with van der Waals surface area (Å²) < 4.78 is 76.3. The zero-order chi connectivity index (χ0) is 28.8. The molecule has 1 heterocycles. The van der Waals surface area contributed by atoms with Gasteiger partial charge in [-0.3, -0.25) is 10.2 Å². The molecule has 0 spiro atoms. The van der Waals surface area contributed by atoms with Gasteiger partial charge in [0.2, 0.25) is 11.5 Å². The van der Waals surface area contributed by atoms with Crippen LogP contribution in [-0.2, 0) is 18.4 Å². The smallest absolute Gasteiger partial charge is 0.350 e. The van der Waals surface area contributed by atoms with E-state index in [2.05, 4.69) is 21.2 Å². The second-order valence-corrected chi connectivity index (χ2v) is 14.4. The zero-order valence-corrected chi connectivity index (χ0v) is 24.7. The molecule has 0 aromatic carbocycles. The fourth-order valence-corrected chi connectivity index (χ4v) is 9.13. The first-order valence-electron chi connectivity index (χ1n) is 14.9. The van der Waals surface area contributed by atoms with Gasteiger partial charge < -0.3 is 14.5 Å². The monoisotopic (exact) mass is 636 g/mol. The molecule has 11 heteroatoms. The van der Waals surface area contributed by atoms with Crippen LogP contribution in [0.25, 0.3) is 0 Å². The first-order chi connectivity index (χ1) is 18.9. The summed E-state index contributed by atoms with van der Waals surface area (Å²) in [6.07, 6.45) is 2.14. The molecule has 0 radical (unpaired) electrons. The minimum Gasteiger partial charge on any atom is -0.350 e. The Morgan fingerprint density at radius 3 is 2.40 bits per heavy atom. The van der Waals surface area contributed by atoms with Crippen LogP contribution in [0.4, 0.5) is 22.0 Å². The molecule has 1 amide bonds. The lowest BCUT2D eigenvalue weighted by atomic mass is 9.61. The number of amides is 1. The van der Waals surface area contributed by atoms with Crippen molar-refractivity contribution in [2.24, 2.45) is 42.6 Å². The lowest BCUT2D eigenvalue weighted by molar-refractivity contribution is -0.213. The molecule has 226 valence electrons. The van der Waals surface area contributed by atoms with Gasteiger partial charge in [-0.25, -0.2) is 8.78 Å². The predicted molar refractivity (Wildman–Crippen MR) is 145 cm³/mol. The van der Waals surface area contributed by atoms with Gasteiger partial charge in [0.15, 0.2) is 0 Å². The van der Waals surface area contributed by atoms with E-state index < -0.39 is 48.6 Å². The third kappa shape index (κ3) is 6.05. The number of nitrogens with one attached hydrogen (secondary N) is 2. The molecule has 5 nitrogen and oxygen atoms in total. The molecule has 2 N–H and O–H groups in total. The van der Waals surface area contributed by atoms with Crippen molar-refractivity contribution < 1.29 is 26.7 Å². The molecule has 1 aromatic rings. The van der Waals surface area contributed by atoms with E-state index in [1.165, 1.54) is 0 Å². The summed E-state index contributed by atoms with van der Waals surface area (Å²) in [5.74, 6) is -5.34. The highest BCUT2D eigenvalue weighted by molar-refractivity contribution is 9.09. The van der Waals surface area contributed by atoms with Crippen LogP contribution in [0.1, 0.15) is 77.0 Å². The number of hydrogen-bond acceptors (Lipinski definition) is 2. The lowest BCUT2D eigenvalue weighted by Gasteiger charge is -2.52. The highest BCUT2D eigenvalue weighted by Crippen LogP contribution is 2.52. The largest absolute Gasteiger partial charge is 0.392 e. The number of carbonyl (C=O) groups is 1. The van der Waals surface area contributed by atoms with Crippen LogP contribution in [0, 0.1) is 40.9 Å². The third-order valence-electron chi connectivity index (χ3n) is 10.7. The standard InChI is InChI=1S/C29H42BrF5N4O/c1-38-10-11-39(27(38)36)16-17-12-22(21-7-6-20(31)15-24(21)29(33,34)35)25(32)23(13-17)26(40)37-28(8-3-9-28)18-4-2-5-19(30)14-18/h10-11,17-25,36H,2-9,12-16H2,1H3,(H,37,40). The second kappa shape index (κ2) is 11.7. The maximum Gasteiger partial charge on any atom is 0.392 e. The lowest BCUT2D eigenvalue weighted by Crippen LogP contribution is -2.62. The SMILES string of the molecule is Cn1ccn(CC2CC(C(=O)NC3(C4CCCC(Br)C4)CCC3)C(F)C(C3CCC(F)CC3C(F)(F)F)C2)c1=N. The number of carbonyl (C=O) groups excluding carboxylic acids is 1. The first-order valence-corrected chi connectivity index (χ1v) is 15.9. The third-order valence-corrected chi connectivity index (χ3v) is 11.5. The summed E-state index contributed by atoms with van der Waals surface area (Å²) >= 11 is 3.74. The first kappa shape index (κ1) is 30.1. The Bertz CT molecular complexity index is 1100. The van der Waals surface area contributed by atoms with Crippen molar-refractivity contribution in [3.63, 3.8) is 0 Å². The van der Waals surface area contributed by atoms with Crippen LogP contribution in [0.3, 0.4) is 0 Å². The number of nitrogens with zero attached hydrogens (tertiary/aromatic N) is 2. The van der Waals surface area contributed by atoms with Gasteiger partial charge in [0.1, 0.15) is 12.3 Å². The van der Waals surface area contributed by atoms with E-state index in [4.69, 9.17) is 5.41 Å². The van der Waals surface area contributed by atoms with Gasteiger partial charge in [-0.1, -0.05) is 22.4 Å². The normalized spacial score (nSPS) is 38.4. The van der Waals surface area contributed by atoms with Crippen molar-refractivity contribution in [1.82, 2.24) is 14.5 Å². The van der Waals surface area contributed by atoms with E-state index in [1.54, 1.807) is 28.6 Å². The van der Waals surface area contributed by atoms with Gasteiger partial charge in [0.05, 0.1) is 11.8 Å². The van der Waals surface area contributed by atoms with Crippen molar-refractivity contribution in [2.45, 2.75) is 112 Å². The Morgan fingerprint density at radius 2 is 1.80 bits per heavy atom. The van der Waals surface area contributed by atoms with E-state index in [0.717, 1.165) is 44.9 Å². The summed E-state index contributed by atoms with van der Waals surface area (Å²) in [6, 6.07) is 0. The predicted octanol–water partition coefficient (Wildman–Crippen LogP) is 6.60. The fourth-order valence-electron chi connectivity index (χ4n) is 8.35. The minimum absolute atomic E-state index is 0.00913. The van der Waals surface area contributed by atoms with E-state index in [-0.39, 0.29) is 48.7 Å². The molecule has 4 aliphatic rings. The van der Waals surface area contributed by atoms with Gasteiger partial charge >= 0.3 is 6.18 Å². The summed E-state index contributed by atoms with van der Waals surface area (Å²) in [6.45, 7) is 0.334. The van der Waals surface area contributed by atoms with Gasteiger partial charge in [-0.2, -0.15) is 13.2 Å². The summed E-state index contributed by atoms with van der Waals surface area (Å²) in [5, 5.41) is 11.6. The van der Waals surface area contributed by atoms with Crippen LogP contribution >= 0.6 is 15.9 Å². The number of halogens is 6. The van der Waals surface area contributed by atoms with E-state index in [9.17, 15) is 22.4 Å². The van der Waals surface area contributed by atoms with Crippen molar-refractivity contribution >= 4 is 21.8 Å². The van der Waals surface area contributed by atoms with Gasteiger partial charge in [0.25, 0.3) is 0 Å². The Morgan fingerprint density at radius 1 is 1.05 bits per heavy atom. The molecule has 0 bridgehead atoms. The van der Waals surface area contributed by atoms with Gasteiger partial charge in [-0.05, 0) is 94.3 Å². The zero-order valence-electron chi connectivity index (χ0n) is 23.1. The van der Waals surface area contributed by atoms with Crippen LogP contribution in [0.2, 0.25) is 0 Å². The molecule has 4 aliphatic carbocycles. The van der Waals surface area contributed by atoms with Crippen molar-refractivity contribution in [2.75, 3.05) is 0 Å². The van der Waals surface area contributed by atoms with Crippen LogP contribution in [-0.4, -0.2) is 43.9 Å². The number of alkyl halides is 6. The molecule has 9 atom stereocenters. The maximum atomic E-state index is 16.4. The molecule has 40 heavy (non-hydrogen) atoms. The van der Waals surface area contributed by atoms with E-state index in [1.807, 2.05) is 0 Å². The Balaban J connectivity index is 1.41. The highest BCUT2D eigenvalue weighted by atomic mass is 79.9. The highest BCUT2D eigenvalue weighted by Gasteiger charge is 2.55. The molecular weight excluding hydrogens is 595 g/mol. The molecule has 4 saturated carbocycles. The second-order valence-electron chi connectivity index (χ2n) is 13.1. The Labute approximate surface area is 241 Å². The Hall–Kier alpha value is -1.39. The van der Waals surface area contributed by atoms with Gasteiger partial charge in [0, 0.05) is 36.4 Å². The van der Waals surface area contributed by atoms with Crippen molar-refractivity contribution in [3.05, 3.63) is 18.0 Å². The average molecular weight is 638 g/mol. The quantitative estimate of drug-likeness (QED) is 0.268. The summed E-state index contributed by atoms with van der Waals surface area (Å²) in [4.78, 5) is 14.3. The van der Waals surface area contributed by atoms with Gasteiger partial charge in [-0.15, -0.1) is 0 Å². The number of rotatable bonds is 6. The van der Waals surface area contributed by atoms with E-state index in [0.29, 0.717) is 17.3 Å². The summed E-state index contributed by atoms with van der Waals surface area (Å²) in [7, 11) is 1.74. The molecular formula is C29H42BrF5N4O. The maximum absolute atomic E-state index is 16.4. The fraction of sp³-hybridized carbons (Fsp3) is 0.862. The molecule has 1 aromatic heterocycles. The summed E-state index contributed by atoms with van der Waals surface area (Å²) in [5.41, 5.74) is -0.129. The Kier molecular flexibility index (Phi) is 8.81. The number of imidazole rings is 1. The topological polar surface area (TPSA) is 62.8 Å². The molecule has 0 aliphatic heterocycles. The number of aromatic nitrogens is 2. The molecule has 4 fully saturated rings. The minimum atomic E-state index is -4.62. The van der Waals surface area contributed by atoms with Crippen LogP contribution in [0.5, 0.6) is 0 Å². The van der Waals surface area contributed by atoms with Crippen molar-refractivity contribution in [3.8, 4) is 0 Å². The van der Waals surface area contributed by atoms with Crippen LogP contribution < -0.4 is 10.9 Å². The van der Waals surface area contributed by atoms with E-state index >= 15 is 4.39 Å². The molecule has 5 rings (SSSR count). The number of aryl methyl sites for hydroxylation is 1.